The second kappa shape index (κ2) is 6.91. The van der Waals surface area contributed by atoms with Crippen LogP contribution >= 0.6 is 0 Å². The number of carbonyl (C=O) groups is 1. The Kier molecular flexibility index (Phi) is 4.52. The second-order valence-electron chi connectivity index (χ2n) is 5.62. The summed E-state index contributed by atoms with van der Waals surface area (Å²) < 4.78 is 0. The molecule has 0 bridgehead atoms. The summed E-state index contributed by atoms with van der Waals surface area (Å²) in [5.74, 6) is 0.308. The van der Waals surface area contributed by atoms with Crippen LogP contribution in [0.25, 0.3) is 0 Å². The van der Waals surface area contributed by atoms with Gasteiger partial charge in [0.05, 0.1) is 0 Å². The van der Waals surface area contributed by atoms with Crippen molar-refractivity contribution in [2.75, 3.05) is 10.6 Å². The van der Waals surface area contributed by atoms with Crippen molar-refractivity contribution in [3.05, 3.63) is 77.5 Å². The Balaban J connectivity index is 1.68. The largest absolute Gasteiger partial charge is 0.339 e. The van der Waals surface area contributed by atoms with E-state index in [-0.39, 0.29) is 11.6 Å². The number of rotatable bonds is 4. The Hall–Kier alpha value is -3.21. The fraction of sp³-hybridized carbons (Fsp3) is 0.105. The van der Waals surface area contributed by atoms with E-state index in [2.05, 4.69) is 20.8 Å². The zero-order valence-corrected chi connectivity index (χ0v) is 13.6. The maximum Gasteiger partial charge on any atom is 0.276 e. The quantitative estimate of drug-likeness (QED) is 0.760. The molecule has 0 aliphatic carbocycles. The van der Waals surface area contributed by atoms with Crippen molar-refractivity contribution >= 4 is 23.1 Å². The lowest BCUT2D eigenvalue weighted by Gasteiger charge is -2.07. The summed E-state index contributed by atoms with van der Waals surface area (Å²) in [4.78, 5) is 12.2. The first-order valence-corrected chi connectivity index (χ1v) is 7.65. The molecule has 120 valence electrons. The normalized spacial score (nSPS) is 10.2. The number of aryl methyl sites for hydroxylation is 2. The Labute approximate surface area is 140 Å². The summed E-state index contributed by atoms with van der Waals surface area (Å²) in [6, 6.07) is 19.0. The molecule has 5 nitrogen and oxygen atoms in total. The summed E-state index contributed by atoms with van der Waals surface area (Å²) in [6.45, 7) is 4.00. The first kappa shape index (κ1) is 15.7. The number of nitrogens with one attached hydrogen (secondary N) is 2. The lowest BCUT2D eigenvalue weighted by Crippen LogP contribution is -2.14. The van der Waals surface area contributed by atoms with E-state index in [0.717, 1.165) is 22.5 Å². The predicted molar refractivity (Wildman–Crippen MR) is 95.6 cm³/mol. The van der Waals surface area contributed by atoms with Gasteiger partial charge >= 0.3 is 0 Å². The van der Waals surface area contributed by atoms with Crippen molar-refractivity contribution in [2.45, 2.75) is 13.8 Å². The minimum absolute atomic E-state index is 0.270. The first-order chi connectivity index (χ1) is 11.6. The lowest BCUT2D eigenvalue weighted by atomic mass is 10.2. The summed E-state index contributed by atoms with van der Waals surface area (Å²) in [7, 11) is 0. The molecule has 0 saturated heterocycles. The Morgan fingerprint density at radius 1 is 0.833 bits per heavy atom. The van der Waals surface area contributed by atoms with Crippen LogP contribution in [-0.4, -0.2) is 16.1 Å². The van der Waals surface area contributed by atoms with E-state index in [1.54, 1.807) is 12.1 Å². The van der Waals surface area contributed by atoms with E-state index in [9.17, 15) is 4.79 Å². The van der Waals surface area contributed by atoms with Crippen LogP contribution in [0.5, 0.6) is 0 Å². The molecule has 0 saturated carbocycles. The molecule has 0 unspecified atom stereocenters. The van der Waals surface area contributed by atoms with E-state index < -0.39 is 0 Å². The maximum atomic E-state index is 12.2. The van der Waals surface area contributed by atoms with E-state index in [4.69, 9.17) is 0 Å². The molecule has 0 aliphatic heterocycles. The average molecular weight is 318 g/mol. The number of hydrogen-bond donors (Lipinski definition) is 2. The van der Waals surface area contributed by atoms with E-state index in [1.807, 2.05) is 62.4 Å². The number of benzene rings is 2. The smallest absolute Gasteiger partial charge is 0.276 e. The topological polar surface area (TPSA) is 66.9 Å². The van der Waals surface area contributed by atoms with Crippen molar-refractivity contribution < 1.29 is 4.79 Å². The molecule has 0 radical (unpaired) electrons. The van der Waals surface area contributed by atoms with Crippen LogP contribution in [0.2, 0.25) is 0 Å². The standard InChI is InChI=1S/C19H18N4O/c1-13-5-3-7-15(11-13)20-18-10-9-17(22-23-18)19(24)21-16-8-4-6-14(2)12-16/h3-12H,1-2H3,(H,20,23)(H,21,24). The highest BCUT2D eigenvalue weighted by Gasteiger charge is 2.09. The van der Waals surface area contributed by atoms with Crippen LogP contribution in [0.3, 0.4) is 0 Å². The summed E-state index contributed by atoms with van der Waals surface area (Å²) in [5, 5.41) is 14.0. The van der Waals surface area contributed by atoms with Gasteiger partial charge in [-0.05, 0) is 61.4 Å². The van der Waals surface area contributed by atoms with E-state index >= 15 is 0 Å². The third-order valence-corrected chi connectivity index (χ3v) is 3.46. The van der Waals surface area contributed by atoms with Gasteiger partial charge in [0, 0.05) is 11.4 Å². The number of nitrogens with zero attached hydrogens (tertiary/aromatic N) is 2. The molecule has 3 rings (SSSR count). The monoisotopic (exact) mass is 318 g/mol. The molecular formula is C19H18N4O. The zero-order valence-electron chi connectivity index (χ0n) is 13.6. The number of anilines is 3. The van der Waals surface area contributed by atoms with Crippen LogP contribution in [0.15, 0.2) is 60.7 Å². The molecule has 1 aromatic heterocycles. The van der Waals surface area contributed by atoms with Crippen molar-refractivity contribution in [1.29, 1.82) is 0 Å². The van der Waals surface area contributed by atoms with Gasteiger partial charge in [0.2, 0.25) is 0 Å². The van der Waals surface area contributed by atoms with Gasteiger partial charge in [-0.3, -0.25) is 4.79 Å². The molecular weight excluding hydrogens is 300 g/mol. The summed E-state index contributed by atoms with van der Waals surface area (Å²) >= 11 is 0. The number of aromatic nitrogens is 2. The van der Waals surface area contributed by atoms with Gasteiger partial charge in [-0.25, -0.2) is 0 Å². The minimum Gasteiger partial charge on any atom is -0.339 e. The van der Waals surface area contributed by atoms with Gasteiger partial charge in [0.15, 0.2) is 11.5 Å². The first-order valence-electron chi connectivity index (χ1n) is 7.65. The van der Waals surface area contributed by atoms with E-state index in [0.29, 0.717) is 5.82 Å². The van der Waals surface area contributed by atoms with Crippen LogP contribution in [-0.2, 0) is 0 Å². The summed E-state index contributed by atoms with van der Waals surface area (Å²) in [6.07, 6.45) is 0. The maximum absolute atomic E-state index is 12.2. The fourth-order valence-corrected chi connectivity index (χ4v) is 2.31. The highest BCUT2D eigenvalue weighted by Crippen LogP contribution is 2.16. The molecule has 0 aliphatic rings. The molecule has 0 spiro atoms. The van der Waals surface area contributed by atoms with Crippen LogP contribution in [0.4, 0.5) is 17.2 Å². The number of carbonyl (C=O) groups excluding carboxylic acids is 1. The molecule has 3 aromatic rings. The fourth-order valence-electron chi connectivity index (χ4n) is 2.31. The summed E-state index contributed by atoms with van der Waals surface area (Å²) in [5.41, 5.74) is 4.18. The molecule has 0 fully saturated rings. The van der Waals surface area contributed by atoms with Gasteiger partial charge in [-0.15, -0.1) is 10.2 Å². The van der Waals surface area contributed by atoms with Crippen LogP contribution in [0, 0.1) is 13.8 Å². The van der Waals surface area contributed by atoms with E-state index in [1.165, 1.54) is 0 Å². The van der Waals surface area contributed by atoms with Crippen molar-refractivity contribution in [3.8, 4) is 0 Å². The predicted octanol–water partition coefficient (Wildman–Crippen LogP) is 4.09. The van der Waals surface area contributed by atoms with Gasteiger partial charge in [0.25, 0.3) is 5.91 Å². The zero-order chi connectivity index (χ0) is 16.9. The Morgan fingerprint density at radius 3 is 2.12 bits per heavy atom. The van der Waals surface area contributed by atoms with Crippen molar-refractivity contribution in [3.63, 3.8) is 0 Å². The van der Waals surface area contributed by atoms with Crippen LogP contribution < -0.4 is 10.6 Å². The second-order valence-corrected chi connectivity index (χ2v) is 5.62. The molecule has 24 heavy (non-hydrogen) atoms. The lowest BCUT2D eigenvalue weighted by molar-refractivity contribution is 0.102. The SMILES string of the molecule is Cc1cccc(NC(=O)c2ccc(Nc3cccc(C)c3)nn2)c1. The average Bonchev–Trinajstić information content (AvgIpc) is 2.55. The van der Waals surface area contributed by atoms with Crippen molar-refractivity contribution in [2.24, 2.45) is 0 Å². The molecule has 1 heterocycles. The molecule has 5 heteroatoms. The van der Waals surface area contributed by atoms with Crippen LogP contribution in [0.1, 0.15) is 21.6 Å². The highest BCUT2D eigenvalue weighted by atomic mass is 16.1. The highest BCUT2D eigenvalue weighted by molar-refractivity contribution is 6.02. The number of amides is 1. The third-order valence-electron chi connectivity index (χ3n) is 3.46. The number of hydrogen-bond acceptors (Lipinski definition) is 4. The molecule has 2 N–H and O–H groups in total. The molecule has 2 aromatic carbocycles. The van der Waals surface area contributed by atoms with Crippen molar-refractivity contribution in [1.82, 2.24) is 10.2 Å². The van der Waals surface area contributed by atoms with Gasteiger partial charge in [0.1, 0.15) is 0 Å². The Bertz CT molecular complexity index is 859. The Morgan fingerprint density at radius 2 is 1.50 bits per heavy atom. The van der Waals surface area contributed by atoms with Gasteiger partial charge in [-0.1, -0.05) is 24.3 Å². The van der Waals surface area contributed by atoms with Gasteiger partial charge in [-0.2, -0.15) is 0 Å². The molecule has 1 amide bonds. The third kappa shape index (κ3) is 3.95. The van der Waals surface area contributed by atoms with Gasteiger partial charge < -0.3 is 10.6 Å². The molecule has 0 atom stereocenters. The minimum atomic E-state index is -0.282.